The second-order valence-corrected chi connectivity index (χ2v) is 2.92. The molecule has 48 valence electrons. The fourth-order valence-corrected chi connectivity index (χ4v) is 1.62. The minimum atomic E-state index is 1.17. The zero-order valence-electron chi connectivity index (χ0n) is 5.41. The van der Waals surface area contributed by atoms with Gasteiger partial charge >= 0.3 is 0 Å². The summed E-state index contributed by atoms with van der Waals surface area (Å²) in [6.07, 6.45) is 0. The highest BCUT2D eigenvalue weighted by atomic mass is 31.0. The number of rotatable bonds is 0. The predicted octanol–water partition coefficient (Wildman–Crippen LogP) is 2.23. The van der Waals surface area contributed by atoms with Gasteiger partial charge in [-0.25, -0.2) is 0 Å². The number of hydrogen-bond donors (Lipinski definition) is 0. The molecule has 1 heterocycles. The minimum absolute atomic E-state index is 1.17. The molecule has 1 aromatic carbocycles. The lowest BCUT2D eigenvalue weighted by Gasteiger charge is -1.85. The lowest BCUT2D eigenvalue weighted by Crippen LogP contribution is -1.93. The molecular formula is C8H7NP+. The third-order valence-corrected chi connectivity index (χ3v) is 2.14. The van der Waals surface area contributed by atoms with Crippen molar-refractivity contribution in [2.45, 2.75) is 0 Å². The first-order valence-electron chi connectivity index (χ1n) is 3.18. The zero-order chi connectivity index (χ0) is 6.81. The maximum Gasteiger partial charge on any atom is 0.242 e. The summed E-state index contributed by atoms with van der Waals surface area (Å²) < 4.78 is 3.25. The Morgan fingerprint density at radius 2 is 2.00 bits per heavy atom. The Labute approximate surface area is 60.9 Å². The van der Waals surface area contributed by atoms with E-state index in [0.29, 0.717) is 0 Å². The Hall–Kier alpha value is -0.940. The highest BCUT2D eigenvalue weighted by Gasteiger charge is 1.93. The summed E-state index contributed by atoms with van der Waals surface area (Å²) in [4.78, 5) is 0. The first kappa shape index (κ1) is 5.82. The van der Waals surface area contributed by atoms with Gasteiger partial charge in [0, 0.05) is 17.3 Å². The van der Waals surface area contributed by atoms with Gasteiger partial charge in [0.1, 0.15) is 0 Å². The number of H-pyrrole nitrogens is 1. The SMILES string of the molecule is c1ccc2[nH+]pccc2c1. The maximum atomic E-state index is 3.25. The topological polar surface area (TPSA) is 14.1 Å². The van der Waals surface area contributed by atoms with Crippen LogP contribution in [0.1, 0.15) is 0 Å². The zero-order valence-corrected chi connectivity index (χ0v) is 6.31. The Morgan fingerprint density at radius 3 is 2.90 bits per heavy atom. The molecule has 0 aliphatic carbocycles. The van der Waals surface area contributed by atoms with Crippen LogP contribution in [0.15, 0.2) is 36.1 Å². The smallest absolute Gasteiger partial charge is 0.192 e. The van der Waals surface area contributed by atoms with Crippen LogP contribution in [0.25, 0.3) is 10.9 Å². The van der Waals surface area contributed by atoms with Crippen molar-refractivity contribution in [3.05, 3.63) is 36.1 Å². The van der Waals surface area contributed by atoms with Crippen LogP contribution in [0.2, 0.25) is 0 Å². The van der Waals surface area contributed by atoms with E-state index < -0.39 is 0 Å². The molecule has 0 radical (unpaired) electrons. The number of fused-ring (bicyclic) bond motifs is 1. The van der Waals surface area contributed by atoms with Gasteiger partial charge in [-0.05, 0) is 12.1 Å². The van der Waals surface area contributed by atoms with E-state index in [4.69, 9.17) is 0 Å². The summed E-state index contributed by atoms with van der Waals surface area (Å²) in [5.41, 5.74) is 1.23. The Bertz CT molecular complexity index is 280. The molecule has 0 saturated heterocycles. The van der Waals surface area contributed by atoms with Crippen LogP contribution in [-0.2, 0) is 0 Å². The van der Waals surface area contributed by atoms with Crippen molar-refractivity contribution in [2.24, 2.45) is 0 Å². The third-order valence-electron chi connectivity index (χ3n) is 1.47. The quantitative estimate of drug-likeness (QED) is 0.544. The summed E-state index contributed by atoms with van der Waals surface area (Å²) in [6, 6.07) is 10.4. The molecule has 1 N–H and O–H groups in total. The highest BCUT2D eigenvalue weighted by Crippen LogP contribution is 2.08. The molecule has 1 aromatic heterocycles. The average molecular weight is 148 g/mol. The fourth-order valence-electron chi connectivity index (χ4n) is 0.969. The van der Waals surface area contributed by atoms with Crippen molar-refractivity contribution in [3.8, 4) is 0 Å². The monoisotopic (exact) mass is 148 g/mol. The van der Waals surface area contributed by atoms with E-state index >= 15 is 0 Å². The van der Waals surface area contributed by atoms with E-state index in [-0.39, 0.29) is 0 Å². The van der Waals surface area contributed by atoms with Gasteiger partial charge in [0.15, 0.2) is 0 Å². The van der Waals surface area contributed by atoms with Crippen molar-refractivity contribution in [2.75, 3.05) is 0 Å². The lowest BCUT2D eigenvalue weighted by molar-refractivity contribution is -0.253. The molecule has 0 fully saturated rings. The fraction of sp³-hybridized carbons (Fsp3) is 0. The summed E-state index contributed by atoms with van der Waals surface area (Å²) >= 11 is 0. The standard InChI is InChI=1S/C8H6NP/c1-2-4-8-7(3-1)5-6-10-9-8/h1-6H/p+1. The Balaban J connectivity index is 2.89. The summed E-state index contributed by atoms with van der Waals surface area (Å²) in [5, 5.41) is 1.28. The first-order valence-corrected chi connectivity index (χ1v) is 4.14. The minimum Gasteiger partial charge on any atom is -0.192 e. The van der Waals surface area contributed by atoms with Crippen molar-refractivity contribution in [1.82, 2.24) is 0 Å². The molecular weight excluding hydrogens is 141 g/mol. The molecule has 0 bridgehead atoms. The number of aromatic amines is 1. The van der Waals surface area contributed by atoms with E-state index in [9.17, 15) is 0 Å². The molecule has 0 amide bonds. The molecule has 2 heteroatoms. The number of benzene rings is 1. The first-order chi connectivity index (χ1) is 4.97. The van der Waals surface area contributed by atoms with Crippen LogP contribution in [-0.4, -0.2) is 0 Å². The lowest BCUT2D eigenvalue weighted by atomic mass is 10.2. The van der Waals surface area contributed by atoms with Crippen molar-refractivity contribution in [1.29, 1.82) is 0 Å². The van der Waals surface area contributed by atoms with E-state index in [0.717, 1.165) is 0 Å². The van der Waals surface area contributed by atoms with Gasteiger partial charge in [0.05, 0.1) is 0 Å². The average Bonchev–Trinajstić information content (AvgIpc) is 2.05. The third kappa shape index (κ3) is 0.891. The van der Waals surface area contributed by atoms with Crippen molar-refractivity contribution < 1.29 is 4.75 Å². The van der Waals surface area contributed by atoms with Gasteiger partial charge in [-0.1, -0.05) is 12.1 Å². The molecule has 2 aromatic rings. The predicted molar refractivity (Wildman–Crippen MR) is 43.0 cm³/mol. The number of hydrogen-bond acceptors (Lipinski definition) is 0. The molecule has 0 atom stereocenters. The van der Waals surface area contributed by atoms with Gasteiger partial charge in [0.25, 0.3) is 0 Å². The van der Waals surface area contributed by atoms with Crippen LogP contribution in [0.3, 0.4) is 0 Å². The summed E-state index contributed by atoms with van der Waals surface area (Å²) in [5.74, 6) is 2.10. The Morgan fingerprint density at radius 1 is 1.10 bits per heavy atom. The molecule has 0 spiro atoms. The van der Waals surface area contributed by atoms with Crippen LogP contribution in [0.5, 0.6) is 0 Å². The molecule has 10 heavy (non-hydrogen) atoms. The summed E-state index contributed by atoms with van der Waals surface area (Å²) in [6.45, 7) is 0. The molecule has 0 aliphatic heterocycles. The van der Waals surface area contributed by atoms with Gasteiger partial charge < -0.3 is 0 Å². The molecule has 0 aliphatic rings. The molecule has 0 unspecified atom stereocenters. The van der Waals surface area contributed by atoms with Gasteiger partial charge in [-0.15, -0.1) is 0 Å². The normalized spacial score (nSPS) is 10.8. The number of para-hydroxylation sites is 1. The van der Waals surface area contributed by atoms with Crippen LogP contribution in [0, 0.1) is 0 Å². The van der Waals surface area contributed by atoms with Gasteiger partial charge in [0.2, 0.25) is 13.9 Å². The summed E-state index contributed by atoms with van der Waals surface area (Å²) in [7, 11) is 1.17. The van der Waals surface area contributed by atoms with Crippen LogP contribution < -0.4 is 4.75 Å². The van der Waals surface area contributed by atoms with E-state index in [1.165, 1.54) is 19.3 Å². The Kier molecular flexibility index (Phi) is 1.37. The van der Waals surface area contributed by atoms with Crippen LogP contribution in [0.4, 0.5) is 0 Å². The van der Waals surface area contributed by atoms with Crippen molar-refractivity contribution >= 4 is 19.3 Å². The van der Waals surface area contributed by atoms with Gasteiger partial charge in [-0.2, -0.15) is 4.75 Å². The van der Waals surface area contributed by atoms with E-state index in [1.807, 2.05) is 12.1 Å². The van der Waals surface area contributed by atoms with Crippen LogP contribution >= 0.6 is 8.35 Å². The largest absolute Gasteiger partial charge is 0.242 e. The van der Waals surface area contributed by atoms with E-state index in [1.54, 1.807) is 0 Å². The number of aromatic nitrogens is 1. The molecule has 0 saturated carbocycles. The van der Waals surface area contributed by atoms with Crippen molar-refractivity contribution in [3.63, 3.8) is 0 Å². The van der Waals surface area contributed by atoms with Gasteiger partial charge in [-0.3, -0.25) is 0 Å². The second kappa shape index (κ2) is 2.36. The molecule has 1 nitrogen and oxygen atoms in total. The highest BCUT2D eigenvalue weighted by molar-refractivity contribution is 7.20. The maximum absolute atomic E-state index is 3.25. The molecule has 2 rings (SSSR count). The second-order valence-electron chi connectivity index (χ2n) is 2.14. The van der Waals surface area contributed by atoms with E-state index in [2.05, 4.69) is 28.7 Å². The number of nitrogens with one attached hydrogen (secondary N) is 1.